The number of thioether (sulfide) groups is 3. The van der Waals surface area contributed by atoms with Crippen LogP contribution in [0, 0.1) is 0 Å². The van der Waals surface area contributed by atoms with Gasteiger partial charge in [0.1, 0.15) is 29.9 Å². The van der Waals surface area contributed by atoms with Gasteiger partial charge in [0.25, 0.3) is 0 Å². The van der Waals surface area contributed by atoms with Crippen LogP contribution in [-0.2, 0) is 49.3 Å². The zero-order valence-corrected chi connectivity index (χ0v) is 31.7. The average molecular weight is 815 g/mol. The van der Waals surface area contributed by atoms with Crippen LogP contribution in [0.2, 0.25) is 0 Å². The molecule has 0 bridgehead atoms. The molecular formula is C30H37F3N4O11S4. The molecule has 15 nitrogen and oxygen atoms in total. The number of thiol groups is 1. The van der Waals surface area contributed by atoms with Gasteiger partial charge >= 0.3 is 18.1 Å². The first kappa shape index (κ1) is 46.3. The van der Waals surface area contributed by atoms with Crippen molar-refractivity contribution in [1.29, 1.82) is 0 Å². The molecule has 0 aliphatic heterocycles. The maximum absolute atomic E-state index is 13.6. The highest BCUT2D eigenvalue weighted by Gasteiger charge is 2.34. The van der Waals surface area contributed by atoms with Crippen molar-refractivity contribution in [3.8, 4) is 5.75 Å². The molecule has 0 spiro atoms. The largest absolute Gasteiger partial charge is 0.464 e. The van der Waals surface area contributed by atoms with Crippen LogP contribution in [0.1, 0.15) is 50.5 Å². The van der Waals surface area contributed by atoms with Crippen LogP contribution in [0.3, 0.4) is 0 Å². The van der Waals surface area contributed by atoms with Crippen molar-refractivity contribution < 1.29 is 65.8 Å². The van der Waals surface area contributed by atoms with E-state index >= 15 is 0 Å². The van der Waals surface area contributed by atoms with Gasteiger partial charge in [-0.25, -0.2) is 9.59 Å². The Morgan fingerprint density at radius 1 is 0.692 bits per heavy atom. The van der Waals surface area contributed by atoms with Crippen molar-refractivity contribution in [2.75, 3.05) is 29.6 Å². The summed E-state index contributed by atoms with van der Waals surface area (Å²) < 4.78 is 51.0. The van der Waals surface area contributed by atoms with E-state index in [0.29, 0.717) is 47.4 Å². The second-order valence-corrected chi connectivity index (χ2v) is 13.8. The van der Waals surface area contributed by atoms with Gasteiger partial charge in [0.05, 0.1) is 17.7 Å². The van der Waals surface area contributed by atoms with Gasteiger partial charge in [-0.05, 0) is 25.1 Å². The molecule has 0 radical (unpaired) electrons. The number of halogens is 3. The molecule has 52 heavy (non-hydrogen) atoms. The van der Waals surface area contributed by atoms with E-state index in [4.69, 9.17) is 9.47 Å². The zero-order valence-electron chi connectivity index (χ0n) is 28.4. The molecule has 0 aliphatic carbocycles. The van der Waals surface area contributed by atoms with Crippen LogP contribution >= 0.6 is 47.9 Å². The van der Waals surface area contributed by atoms with Crippen LogP contribution in [0.5, 0.6) is 5.75 Å². The fraction of sp³-hybridized carbons (Fsp3) is 0.500. The first-order chi connectivity index (χ1) is 24.2. The van der Waals surface area contributed by atoms with Crippen LogP contribution in [0.4, 0.5) is 13.2 Å². The lowest BCUT2D eigenvalue weighted by atomic mass is 10.1. The molecule has 0 saturated carbocycles. The number of nitrogens with one attached hydrogen (secondary N) is 4. The predicted octanol–water partition coefficient (Wildman–Crippen LogP) is 1.52. The number of carbonyl (C=O) groups is 9. The molecule has 1 aromatic rings. The van der Waals surface area contributed by atoms with E-state index in [2.05, 4.69) is 33.9 Å². The maximum atomic E-state index is 13.6. The number of hydrogen-bond acceptors (Lipinski definition) is 15. The van der Waals surface area contributed by atoms with E-state index in [1.807, 2.05) is 0 Å². The third-order valence-electron chi connectivity index (χ3n) is 6.02. The van der Waals surface area contributed by atoms with Crippen molar-refractivity contribution in [1.82, 2.24) is 21.3 Å². The lowest BCUT2D eigenvalue weighted by Crippen LogP contribution is -2.45. The molecule has 4 amide bonds. The highest BCUT2D eigenvalue weighted by molar-refractivity contribution is 8.15. The molecule has 0 fully saturated rings. The number of esters is 2. The minimum absolute atomic E-state index is 0.00858. The molecule has 0 saturated heterocycles. The number of hydrogen-bond donors (Lipinski definition) is 5. The monoisotopic (exact) mass is 814 g/mol. The van der Waals surface area contributed by atoms with E-state index < -0.39 is 110 Å². The number of carbonyl (C=O) groups excluding carboxylic acids is 9. The third kappa shape index (κ3) is 16.7. The summed E-state index contributed by atoms with van der Waals surface area (Å²) in [5.74, 6) is -6.94. The summed E-state index contributed by atoms with van der Waals surface area (Å²) in [7, 11) is 0. The molecule has 4 unspecified atom stereocenters. The predicted molar refractivity (Wildman–Crippen MR) is 190 cm³/mol. The van der Waals surface area contributed by atoms with Crippen molar-refractivity contribution in [3.63, 3.8) is 0 Å². The number of ether oxygens (including phenoxy) is 2. The van der Waals surface area contributed by atoms with Gasteiger partial charge in [0, 0.05) is 50.7 Å². The van der Waals surface area contributed by atoms with Crippen molar-refractivity contribution in [2.45, 2.75) is 65.0 Å². The van der Waals surface area contributed by atoms with E-state index in [9.17, 15) is 56.3 Å². The molecule has 22 heteroatoms. The Bertz CT molecular complexity index is 1530. The van der Waals surface area contributed by atoms with Gasteiger partial charge in [-0.15, -0.1) is 0 Å². The second-order valence-electron chi connectivity index (χ2n) is 10.4. The van der Waals surface area contributed by atoms with Gasteiger partial charge in [-0.1, -0.05) is 35.3 Å². The van der Waals surface area contributed by atoms with Crippen LogP contribution in [-0.4, -0.2) is 105 Å². The van der Waals surface area contributed by atoms with Crippen molar-refractivity contribution in [2.24, 2.45) is 0 Å². The summed E-state index contributed by atoms with van der Waals surface area (Å²) in [5.41, 5.74) is -1.85. The fourth-order valence-corrected chi connectivity index (χ4v) is 6.96. The zero-order chi connectivity index (χ0) is 39.8. The first-order valence-electron chi connectivity index (χ1n) is 15.0. The smallest absolute Gasteiger partial charge is 0.416 e. The molecule has 0 aliphatic rings. The Labute approximate surface area is 314 Å². The lowest BCUT2D eigenvalue weighted by Gasteiger charge is -2.20. The Kier molecular flexibility index (Phi) is 19.9. The molecule has 4 atom stereocenters. The van der Waals surface area contributed by atoms with E-state index in [-0.39, 0.29) is 18.1 Å². The maximum Gasteiger partial charge on any atom is 0.416 e. The Morgan fingerprint density at radius 2 is 1.13 bits per heavy atom. The number of rotatable bonds is 18. The average Bonchev–Trinajstić information content (AvgIpc) is 3.04. The summed E-state index contributed by atoms with van der Waals surface area (Å²) >= 11 is 5.42. The Morgan fingerprint density at radius 3 is 1.60 bits per heavy atom. The van der Waals surface area contributed by atoms with Gasteiger partial charge in [0.15, 0.2) is 0 Å². The Balaban J connectivity index is 3.29. The third-order valence-corrected chi connectivity index (χ3v) is 9.51. The molecule has 4 N–H and O–H groups in total. The van der Waals surface area contributed by atoms with Crippen LogP contribution in [0.15, 0.2) is 18.2 Å². The lowest BCUT2D eigenvalue weighted by molar-refractivity contribution is -0.146. The summed E-state index contributed by atoms with van der Waals surface area (Å²) in [4.78, 5) is 111. The summed E-state index contributed by atoms with van der Waals surface area (Å²) in [6, 6.07) is -3.59. The number of amides is 4. The fourth-order valence-electron chi connectivity index (χ4n) is 3.81. The Hall–Kier alpha value is -3.76. The number of benzene rings is 1. The van der Waals surface area contributed by atoms with Crippen LogP contribution in [0.25, 0.3) is 0 Å². The van der Waals surface area contributed by atoms with Gasteiger partial charge < -0.3 is 30.7 Å². The summed E-state index contributed by atoms with van der Waals surface area (Å²) in [6.07, 6.45) is -4.94. The quantitative estimate of drug-likeness (QED) is 0.0807. The highest BCUT2D eigenvalue weighted by Crippen LogP contribution is 2.35. The standard InChI is InChI=1S/C30H37F3N4O11S4/c1-6-47-25(42)21(35-15(3)39)11-52-29(46)23(37-17(5)41)13-50-27(44)19-8-7-18(30(31,32)33)9-24(19)48-26(43)22(36-16(4)40)12-51-28(45)20(10-49)34-14(2)38/h7-9,20-23,49H,6,10-13H2,1-5H3,(H,34,38)(H,35,39)(H,36,40)(H,37,41). The van der Waals surface area contributed by atoms with E-state index in [1.54, 1.807) is 0 Å². The second kappa shape index (κ2) is 22.3. The summed E-state index contributed by atoms with van der Waals surface area (Å²) in [6.45, 7) is 5.94. The topological polar surface area (TPSA) is 220 Å². The molecule has 288 valence electrons. The first-order valence-corrected chi connectivity index (χ1v) is 18.6. The minimum atomic E-state index is -4.94. The molecule has 0 heterocycles. The van der Waals surface area contributed by atoms with Crippen molar-refractivity contribution in [3.05, 3.63) is 29.3 Å². The van der Waals surface area contributed by atoms with E-state index in [1.165, 1.54) is 6.92 Å². The van der Waals surface area contributed by atoms with Gasteiger partial charge in [0.2, 0.25) is 39.0 Å². The molecule has 1 aromatic carbocycles. The minimum Gasteiger partial charge on any atom is -0.464 e. The van der Waals surface area contributed by atoms with Gasteiger partial charge in [-0.3, -0.25) is 33.6 Å². The van der Waals surface area contributed by atoms with E-state index in [0.717, 1.165) is 33.8 Å². The van der Waals surface area contributed by atoms with Gasteiger partial charge in [-0.2, -0.15) is 25.8 Å². The van der Waals surface area contributed by atoms with Crippen molar-refractivity contribution >= 4 is 98.8 Å². The van der Waals surface area contributed by atoms with Crippen LogP contribution < -0.4 is 26.0 Å². The molecular weight excluding hydrogens is 778 g/mol. The number of alkyl halides is 3. The molecule has 0 aromatic heterocycles. The SMILES string of the molecule is CCOC(=O)C(CSC(=O)C(CSC(=O)c1ccc(C(F)(F)F)cc1OC(=O)C(CSC(=O)C(CS)NC(C)=O)NC(C)=O)NC(C)=O)NC(C)=O. The summed E-state index contributed by atoms with van der Waals surface area (Å²) in [5, 5.41) is 6.89. The highest BCUT2D eigenvalue weighted by atomic mass is 32.2. The molecule has 1 rings (SSSR count). The normalized spacial score (nSPS) is 13.3.